The van der Waals surface area contributed by atoms with Crippen LogP contribution in [0.25, 0.3) is 0 Å². The summed E-state index contributed by atoms with van der Waals surface area (Å²) in [4.78, 5) is 12.4. The van der Waals surface area contributed by atoms with E-state index in [2.05, 4.69) is 26.0 Å². The van der Waals surface area contributed by atoms with Gasteiger partial charge in [-0.25, -0.2) is 0 Å². The number of benzene rings is 1. The molecule has 0 spiro atoms. The van der Waals surface area contributed by atoms with Gasteiger partial charge in [0.2, 0.25) is 0 Å². The van der Waals surface area contributed by atoms with Crippen molar-refractivity contribution < 1.29 is 4.79 Å². The van der Waals surface area contributed by atoms with Crippen LogP contribution in [0, 0.1) is 0 Å². The maximum Gasteiger partial charge on any atom is 0.163 e. The van der Waals surface area contributed by atoms with E-state index >= 15 is 0 Å². The molecular weight excluding hydrogens is 232 g/mol. The lowest BCUT2D eigenvalue weighted by Gasteiger charge is -2.12. The highest BCUT2D eigenvalue weighted by Crippen LogP contribution is 2.27. The average Bonchev–Trinajstić information content (AvgIpc) is 2.88. The second-order valence-electron chi connectivity index (χ2n) is 5.76. The fourth-order valence-corrected chi connectivity index (χ4v) is 2.98. The third kappa shape index (κ3) is 3.46. The summed E-state index contributed by atoms with van der Waals surface area (Å²) < 4.78 is 0. The van der Waals surface area contributed by atoms with Crippen LogP contribution in [-0.2, 0) is 19.3 Å². The average molecular weight is 258 g/mol. The maximum absolute atomic E-state index is 12.4. The van der Waals surface area contributed by atoms with Gasteiger partial charge in [0, 0.05) is 12.0 Å². The van der Waals surface area contributed by atoms with E-state index in [0.717, 1.165) is 31.2 Å². The Morgan fingerprint density at radius 1 is 1.05 bits per heavy atom. The van der Waals surface area contributed by atoms with Gasteiger partial charge in [-0.15, -0.1) is 0 Å². The smallest absolute Gasteiger partial charge is 0.163 e. The minimum absolute atomic E-state index is 0.364. The Morgan fingerprint density at radius 3 is 2.42 bits per heavy atom. The third-order valence-corrected chi connectivity index (χ3v) is 4.18. The zero-order valence-corrected chi connectivity index (χ0v) is 12.4. The summed E-state index contributed by atoms with van der Waals surface area (Å²) >= 11 is 0. The molecule has 0 saturated carbocycles. The molecule has 0 atom stereocenters. The van der Waals surface area contributed by atoms with Crippen LogP contribution in [0.1, 0.15) is 79.4 Å². The minimum Gasteiger partial charge on any atom is -0.294 e. The van der Waals surface area contributed by atoms with Crippen molar-refractivity contribution in [1.82, 2.24) is 0 Å². The number of ketones is 1. The zero-order chi connectivity index (χ0) is 13.7. The Labute approximate surface area is 117 Å². The van der Waals surface area contributed by atoms with Gasteiger partial charge in [0.05, 0.1) is 0 Å². The van der Waals surface area contributed by atoms with Crippen molar-refractivity contribution in [3.63, 3.8) is 0 Å². The van der Waals surface area contributed by atoms with Crippen LogP contribution in [0.4, 0.5) is 0 Å². The first kappa shape index (κ1) is 14.3. The summed E-state index contributed by atoms with van der Waals surface area (Å²) in [7, 11) is 0. The zero-order valence-electron chi connectivity index (χ0n) is 12.4. The van der Waals surface area contributed by atoms with Crippen molar-refractivity contribution in [2.24, 2.45) is 0 Å². The van der Waals surface area contributed by atoms with E-state index in [1.54, 1.807) is 0 Å². The van der Waals surface area contributed by atoms with Crippen LogP contribution in [0.3, 0.4) is 0 Å². The Hall–Kier alpha value is -1.11. The Balaban J connectivity index is 2.25. The van der Waals surface area contributed by atoms with Crippen molar-refractivity contribution in [2.75, 3.05) is 0 Å². The second kappa shape index (κ2) is 6.88. The lowest BCUT2D eigenvalue weighted by atomic mass is 9.92. The lowest BCUT2D eigenvalue weighted by Crippen LogP contribution is -2.06. The normalized spacial score (nSPS) is 13.6. The number of rotatable bonds is 7. The van der Waals surface area contributed by atoms with Gasteiger partial charge in [0.15, 0.2) is 5.78 Å². The molecule has 104 valence electrons. The van der Waals surface area contributed by atoms with Crippen molar-refractivity contribution in [1.29, 1.82) is 0 Å². The molecule has 2 rings (SSSR count). The number of carbonyl (C=O) groups is 1. The maximum atomic E-state index is 12.4. The molecule has 0 bridgehead atoms. The first-order valence-corrected chi connectivity index (χ1v) is 7.94. The van der Waals surface area contributed by atoms with Gasteiger partial charge in [-0.2, -0.15) is 0 Å². The molecular formula is C18H26O. The summed E-state index contributed by atoms with van der Waals surface area (Å²) in [5, 5.41) is 0. The van der Waals surface area contributed by atoms with Gasteiger partial charge >= 0.3 is 0 Å². The highest BCUT2D eigenvalue weighted by atomic mass is 16.1. The standard InChI is InChI=1S/C18H26O/c1-3-5-8-16-12-14-9-7-10-15(14)13-17(16)18(19)11-6-4-2/h12-13H,3-11H2,1-2H3. The number of unbranched alkanes of at least 4 members (excludes halogenated alkanes) is 2. The molecule has 19 heavy (non-hydrogen) atoms. The number of aryl methyl sites for hydroxylation is 3. The minimum atomic E-state index is 0.364. The molecule has 0 saturated heterocycles. The Morgan fingerprint density at radius 2 is 1.74 bits per heavy atom. The summed E-state index contributed by atoms with van der Waals surface area (Å²) in [5.41, 5.74) is 5.27. The molecule has 0 fully saturated rings. The first-order chi connectivity index (χ1) is 9.26. The fourth-order valence-electron chi connectivity index (χ4n) is 2.98. The number of Topliss-reactive ketones (excluding diaryl/α,β-unsaturated/α-hetero) is 1. The van der Waals surface area contributed by atoms with Crippen LogP contribution < -0.4 is 0 Å². The molecule has 1 nitrogen and oxygen atoms in total. The molecule has 1 aromatic carbocycles. The molecule has 0 unspecified atom stereocenters. The predicted molar refractivity (Wildman–Crippen MR) is 80.9 cm³/mol. The summed E-state index contributed by atoms with van der Waals surface area (Å²) in [6.07, 6.45) is 9.91. The van der Waals surface area contributed by atoms with Crippen LogP contribution in [0.2, 0.25) is 0 Å². The molecule has 1 aliphatic carbocycles. The van der Waals surface area contributed by atoms with Crippen molar-refractivity contribution >= 4 is 5.78 Å². The molecule has 0 N–H and O–H groups in total. The van der Waals surface area contributed by atoms with Crippen molar-refractivity contribution in [3.05, 3.63) is 34.4 Å². The topological polar surface area (TPSA) is 17.1 Å². The number of hydrogen-bond donors (Lipinski definition) is 0. The second-order valence-corrected chi connectivity index (χ2v) is 5.76. The van der Waals surface area contributed by atoms with Gasteiger partial charge in [-0.05, 0) is 61.3 Å². The Kier molecular flexibility index (Phi) is 5.18. The molecule has 0 radical (unpaired) electrons. The highest BCUT2D eigenvalue weighted by molar-refractivity contribution is 5.97. The van der Waals surface area contributed by atoms with Crippen LogP contribution in [-0.4, -0.2) is 5.78 Å². The molecule has 0 aromatic heterocycles. The molecule has 0 heterocycles. The van der Waals surface area contributed by atoms with E-state index in [0.29, 0.717) is 12.2 Å². The van der Waals surface area contributed by atoms with E-state index < -0.39 is 0 Å². The van der Waals surface area contributed by atoms with Crippen molar-refractivity contribution in [2.45, 2.75) is 71.6 Å². The van der Waals surface area contributed by atoms with E-state index in [4.69, 9.17) is 0 Å². The summed E-state index contributed by atoms with van der Waals surface area (Å²) in [6.45, 7) is 4.36. The molecule has 1 aromatic rings. The summed E-state index contributed by atoms with van der Waals surface area (Å²) in [6, 6.07) is 4.54. The van der Waals surface area contributed by atoms with Gasteiger partial charge in [0.25, 0.3) is 0 Å². The quantitative estimate of drug-likeness (QED) is 0.636. The lowest BCUT2D eigenvalue weighted by molar-refractivity contribution is 0.0978. The monoisotopic (exact) mass is 258 g/mol. The largest absolute Gasteiger partial charge is 0.294 e. The fraction of sp³-hybridized carbons (Fsp3) is 0.611. The Bertz CT molecular complexity index is 445. The van der Waals surface area contributed by atoms with Gasteiger partial charge in [-0.3, -0.25) is 4.79 Å². The highest BCUT2D eigenvalue weighted by Gasteiger charge is 2.17. The SMILES string of the molecule is CCCCC(=O)c1cc2c(cc1CCCC)CCC2. The van der Waals surface area contributed by atoms with E-state index in [-0.39, 0.29) is 0 Å². The molecule has 1 aliphatic rings. The molecule has 0 aliphatic heterocycles. The van der Waals surface area contributed by atoms with Gasteiger partial charge in [-0.1, -0.05) is 32.8 Å². The number of hydrogen-bond acceptors (Lipinski definition) is 1. The molecule has 1 heteroatoms. The number of carbonyl (C=O) groups excluding carboxylic acids is 1. The van der Waals surface area contributed by atoms with E-state index in [1.165, 1.54) is 42.4 Å². The van der Waals surface area contributed by atoms with Crippen molar-refractivity contribution in [3.8, 4) is 0 Å². The van der Waals surface area contributed by atoms with Crippen LogP contribution in [0.5, 0.6) is 0 Å². The summed E-state index contributed by atoms with van der Waals surface area (Å²) in [5.74, 6) is 0.364. The first-order valence-electron chi connectivity index (χ1n) is 7.94. The predicted octanol–water partition coefficient (Wildman–Crippen LogP) is 4.89. The molecule has 0 amide bonds. The van der Waals surface area contributed by atoms with Gasteiger partial charge < -0.3 is 0 Å². The van der Waals surface area contributed by atoms with Gasteiger partial charge in [0.1, 0.15) is 0 Å². The van der Waals surface area contributed by atoms with Crippen LogP contribution >= 0.6 is 0 Å². The third-order valence-electron chi connectivity index (χ3n) is 4.18. The van der Waals surface area contributed by atoms with E-state index in [9.17, 15) is 4.79 Å². The number of fused-ring (bicyclic) bond motifs is 1. The van der Waals surface area contributed by atoms with Crippen LogP contribution in [0.15, 0.2) is 12.1 Å². The van der Waals surface area contributed by atoms with E-state index in [1.807, 2.05) is 0 Å².